The van der Waals surface area contributed by atoms with E-state index in [1.54, 1.807) is 7.11 Å². The molecule has 0 radical (unpaired) electrons. The zero-order chi connectivity index (χ0) is 12.5. The van der Waals surface area contributed by atoms with Crippen LogP contribution in [0.4, 0.5) is 5.95 Å². The molecule has 0 spiro atoms. The van der Waals surface area contributed by atoms with Gasteiger partial charge >= 0.3 is 0 Å². The Hall–Kier alpha value is -1.56. The molecular formula is C12H18N4O2. The van der Waals surface area contributed by atoms with Crippen LogP contribution in [0.5, 0.6) is 0 Å². The van der Waals surface area contributed by atoms with Crippen LogP contribution in [-0.2, 0) is 11.3 Å². The lowest BCUT2D eigenvalue weighted by Gasteiger charge is -2.14. The summed E-state index contributed by atoms with van der Waals surface area (Å²) in [6.45, 7) is 3.29. The molecule has 98 valence electrons. The van der Waals surface area contributed by atoms with Crippen molar-refractivity contribution < 1.29 is 9.53 Å². The van der Waals surface area contributed by atoms with Crippen LogP contribution >= 0.6 is 0 Å². The summed E-state index contributed by atoms with van der Waals surface area (Å²) in [5.74, 6) is 0.824. The van der Waals surface area contributed by atoms with E-state index < -0.39 is 0 Å². The summed E-state index contributed by atoms with van der Waals surface area (Å²) in [4.78, 5) is 18.5. The number of hydrogen-bond donors (Lipinski definition) is 1. The number of aryl methyl sites for hydroxylation is 1. The number of fused-ring (bicyclic) bond motifs is 1. The van der Waals surface area contributed by atoms with Gasteiger partial charge in [0.15, 0.2) is 0 Å². The van der Waals surface area contributed by atoms with E-state index >= 15 is 0 Å². The first kappa shape index (κ1) is 11.5. The molecule has 3 rings (SSSR count). The number of aromatic nitrogens is 2. The van der Waals surface area contributed by atoms with Crippen LogP contribution in [0.3, 0.4) is 0 Å². The summed E-state index contributed by atoms with van der Waals surface area (Å²) in [5, 5.41) is 3.20. The van der Waals surface area contributed by atoms with E-state index in [9.17, 15) is 4.79 Å². The lowest BCUT2D eigenvalue weighted by atomic mass is 10.3. The highest BCUT2D eigenvalue weighted by Crippen LogP contribution is 2.18. The van der Waals surface area contributed by atoms with E-state index in [1.165, 1.54) is 0 Å². The Balaban J connectivity index is 1.74. The number of methoxy groups -OCH3 is 1. The predicted molar refractivity (Wildman–Crippen MR) is 66.7 cm³/mol. The van der Waals surface area contributed by atoms with Crippen molar-refractivity contribution in [2.75, 3.05) is 32.1 Å². The van der Waals surface area contributed by atoms with Crippen LogP contribution in [0.1, 0.15) is 23.3 Å². The van der Waals surface area contributed by atoms with Gasteiger partial charge in [0.25, 0.3) is 5.91 Å². The monoisotopic (exact) mass is 250 g/mol. The maximum Gasteiger partial charge on any atom is 0.274 e. The zero-order valence-corrected chi connectivity index (χ0v) is 10.6. The lowest BCUT2D eigenvalue weighted by molar-refractivity contribution is 0.0719. The van der Waals surface area contributed by atoms with Gasteiger partial charge < -0.3 is 19.5 Å². The van der Waals surface area contributed by atoms with Gasteiger partial charge in [0.2, 0.25) is 5.95 Å². The van der Waals surface area contributed by atoms with Crippen molar-refractivity contribution in [3.05, 3.63) is 11.9 Å². The summed E-state index contributed by atoms with van der Waals surface area (Å²) in [6.07, 6.45) is 4.01. The SMILES string of the molecule is COC1CCN(C(=O)c2cn3c(n2)NCCC3)C1. The van der Waals surface area contributed by atoms with Gasteiger partial charge in [0, 0.05) is 39.5 Å². The van der Waals surface area contributed by atoms with E-state index in [0.29, 0.717) is 12.2 Å². The number of rotatable bonds is 2. The topological polar surface area (TPSA) is 59.4 Å². The second-order valence-electron chi connectivity index (χ2n) is 4.82. The normalized spacial score (nSPS) is 22.7. The average Bonchev–Trinajstić information content (AvgIpc) is 3.04. The van der Waals surface area contributed by atoms with Crippen molar-refractivity contribution in [2.24, 2.45) is 0 Å². The van der Waals surface area contributed by atoms with Crippen molar-refractivity contribution in [3.8, 4) is 0 Å². The fraction of sp³-hybridized carbons (Fsp3) is 0.667. The van der Waals surface area contributed by atoms with Crippen molar-refractivity contribution in [2.45, 2.75) is 25.5 Å². The molecule has 1 fully saturated rings. The number of carbonyl (C=O) groups is 1. The molecule has 18 heavy (non-hydrogen) atoms. The molecule has 2 aliphatic rings. The van der Waals surface area contributed by atoms with Gasteiger partial charge in [-0.15, -0.1) is 0 Å². The third-order valence-electron chi connectivity index (χ3n) is 3.62. The molecule has 3 heterocycles. The second-order valence-corrected chi connectivity index (χ2v) is 4.82. The number of carbonyl (C=O) groups excluding carboxylic acids is 1. The molecule has 1 aromatic rings. The average molecular weight is 250 g/mol. The van der Waals surface area contributed by atoms with Crippen molar-refractivity contribution >= 4 is 11.9 Å². The number of imidazole rings is 1. The first-order valence-corrected chi connectivity index (χ1v) is 6.41. The second kappa shape index (κ2) is 4.61. The van der Waals surface area contributed by atoms with Crippen LogP contribution in [0.25, 0.3) is 0 Å². The summed E-state index contributed by atoms with van der Waals surface area (Å²) in [6, 6.07) is 0. The molecular weight excluding hydrogens is 232 g/mol. The highest BCUT2D eigenvalue weighted by atomic mass is 16.5. The highest BCUT2D eigenvalue weighted by Gasteiger charge is 2.28. The Bertz CT molecular complexity index is 433. The molecule has 0 bridgehead atoms. The van der Waals surface area contributed by atoms with Gasteiger partial charge in [-0.1, -0.05) is 0 Å². The summed E-state index contributed by atoms with van der Waals surface area (Å²) >= 11 is 0. The maximum atomic E-state index is 12.3. The fourth-order valence-corrected chi connectivity index (χ4v) is 2.55. The number of nitrogens with zero attached hydrogens (tertiary/aromatic N) is 3. The summed E-state index contributed by atoms with van der Waals surface area (Å²) in [7, 11) is 1.69. The molecule has 1 atom stereocenters. The smallest absolute Gasteiger partial charge is 0.274 e. The standard InChI is InChI=1S/C12H18N4O2/c1-18-9-3-6-15(7-9)11(17)10-8-16-5-2-4-13-12(16)14-10/h8-9H,2-7H2,1H3,(H,13,14). The number of hydrogen-bond acceptors (Lipinski definition) is 4. The quantitative estimate of drug-likeness (QED) is 0.833. The molecule has 1 amide bonds. The van der Waals surface area contributed by atoms with E-state index in [-0.39, 0.29) is 12.0 Å². The third-order valence-corrected chi connectivity index (χ3v) is 3.62. The number of anilines is 1. The molecule has 1 unspecified atom stereocenters. The van der Waals surface area contributed by atoms with Crippen molar-refractivity contribution in [1.29, 1.82) is 0 Å². The van der Waals surface area contributed by atoms with E-state index in [4.69, 9.17) is 4.74 Å². The third kappa shape index (κ3) is 1.96. The van der Waals surface area contributed by atoms with Crippen LogP contribution in [-0.4, -0.2) is 53.2 Å². The summed E-state index contributed by atoms with van der Waals surface area (Å²) in [5.41, 5.74) is 0.538. The van der Waals surface area contributed by atoms with E-state index in [0.717, 1.165) is 38.4 Å². The molecule has 1 aromatic heterocycles. The van der Waals surface area contributed by atoms with Crippen molar-refractivity contribution in [1.82, 2.24) is 14.5 Å². The fourth-order valence-electron chi connectivity index (χ4n) is 2.55. The molecule has 0 aliphatic carbocycles. The minimum absolute atomic E-state index is 0.0123. The first-order valence-electron chi connectivity index (χ1n) is 6.41. The Morgan fingerprint density at radius 1 is 1.56 bits per heavy atom. The molecule has 6 heteroatoms. The lowest BCUT2D eigenvalue weighted by Crippen LogP contribution is -2.30. The van der Waals surface area contributed by atoms with Crippen LogP contribution in [0.2, 0.25) is 0 Å². The van der Waals surface area contributed by atoms with Gasteiger partial charge in [0.1, 0.15) is 5.69 Å². The number of nitrogens with one attached hydrogen (secondary N) is 1. The highest BCUT2D eigenvalue weighted by molar-refractivity contribution is 5.92. The Morgan fingerprint density at radius 2 is 2.44 bits per heavy atom. The Labute approximate surface area is 106 Å². The van der Waals surface area contributed by atoms with Gasteiger partial charge in [0.05, 0.1) is 6.10 Å². The predicted octanol–water partition coefficient (Wildman–Crippen LogP) is 0.560. The van der Waals surface area contributed by atoms with Crippen LogP contribution in [0.15, 0.2) is 6.20 Å². The van der Waals surface area contributed by atoms with Gasteiger partial charge in [-0.2, -0.15) is 0 Å². The summed E-state index contributed by atoms with van der Waals surface area (Å²) < 4.78 is 7.29. The van der Waals surface area contributed by atoms with Crippen LogP contribution in [0, 0.1) is 0 Å². The van der Waals surface area contributed by atoms with Gasteiger partial charge in [-0.05, 0) is 12.8 Å². The molecule has 0 saturated carbocycles. The molecule has 2 aliphatic heterocycles. The van der Waals surface area contributed by atoms with Gasteiger partial charge in [-0.3, -0.25) is 4.79 Å². The van der Waals surface area contributed by atoms with Crippen molar-refractivity contribution in [3.63, 3.8) is 0 Å². The van der Waals surface area contributed by atoms with E-state index in [2.05, 4.69) is 10.3 Å². The van der Waals surface area contributed by atoms with E-state index in [1.807, 2.05) is 15.7 Å². The molecule has 1 N–H and O–H groups in total. The molecule has 1 saturated heterocycles. The van der Waals surface area contributed by atoms with Gasteiger partial charge in [-0.25, -0.2) is 4.98 Å². The van der Waals surface area contributed by atoms with Crippen LogP contribution < -0.4 is 5.32 Å². The first-order chi connectivity index (χ1) is 8.78. The molecule has 6 nitrogen and oxygen atoms in total. The Morgan fingerprint density at radius 3 is 3.17 bits per heavy atom. The maximum absolute atomic E-state index is 12.3. The Kier molecular flexibility index (Phi) is 2.95. The number of amides is 1. The minimum atomic E-state index is 0.0123. The zero-order valence-electron chi connectivity index (χ0n) is 10.6. The number of likely N-dealkylation sites (tertiary alicyclic amines) is 1. The molecule has 0 aromatic carbocycles. The minimum Gasteiger partial charge on any atom is -0.380 e. The number of ether oxygens (including phenoxy) is 1. The largest absolute Gasteiger partial charge is 0.380 e.